The fourth-order valence-electron chi connectivity index (χ4n) is 3.26. The minimum atomic E-state index is -0.164. The monoisotopic (exact) mass is 492 g/mol. The smallest absolute Gasteiger partial charge is 1.00 e. The molecular formula is C23H25Cl2PZr. The van der Waals surface area contributed by atoms with Gasteiger partial charge in [0.2, 0.25) is 0 Å². The molecule has 2 aromatic carbocycles. The zero-order chi connectivity index (χ0) is 17.3. The molecule has 0 atom stereocenters. The maximum atomic E-state index is 3.44. The van der Waals surface area contributed by atoms with Crippen LogP contribution >= 0.6 is 7.53 Å². The van der Waals surface area contributed by atoms with Crippen molar-refractivity contribution in [2.45, 2.75) is 34.6 Å². The molecular weight excluding hydrogens is 469 g/mol. The second-order valence-corrected chi connectivity index (χ2v) is 8.91. The van der Waals surface area contributed by atoms with E-state index in [0.717, 1.165) is 0 Å². The van der Waals surface area contributed by atoms with Gasteiger partial charge in [-0.25, -0.2) is 5.57 Å². The Morgan fingerprint density at radius 3 is 1.96 bits per heavy atom. The summed E-state index contributed by atoms with van der Waals surface area (Å²) in [6.45, 7) is 10.9. The molecule has 1 heterocycles. The molecule has 0 spiro atoms. The van der Waals surface area contributed by atoms with Crippen molar-refractivity contribution in [2.75, 3.05) is 0 Å². The van der Waals surface area contributed by atoms with Crippen molar-refractivity contribution in [3.63, 3.8) is 0 Å². The summed E-state index contributed by atoms with van der Waals surface area (Å²) >= 11 is 0. The molecule has 0 amide bonds. The molecule has 1 aromatic heterocycles. The predicted octanol–water partition coefficient (Wildman–Crippen LogP) is 1.65. The van der Waals surface area contributed by atoms with Crippen LogP contribution in [-0.4, -0.2) is 0 Å². The van der Waals surface area contributed by atoms with Gasteiger partial charge in [-0.1, -0.05) is 56.6 Å². The number of rotatable bonds is 1. The Morgan fingerprint density at radius 1 is 0.889 bits per heavy atom. The summed E-state index contributed by atoms with van der Waals surface area (Å²) in [7, 11) is -0.164. The maximum absolute atomic E-state index is 3.44. The SMILES string of the molecule is CC1=[C-]C(C)(C)C(C)=C1C.[Cl-].[Cl-].[Zr+4].c1ccc2c(c1)cc[c-]2-p1cccc1. The van der Waals surface area contributed by atoms with E-state index in [-0.39, 0.29) is 64.0 Å². The summed E-state index contributed by atoms with van der Waals surface area (Å²) in [5, 5.41) is 4.26. The number of hydrogen-bond donors (Lipinski definition) is 0. The van der Waals surface area contributed by atoms with E-state index in [1.807, 2.05) is 0 Å². The van der Waals surface area contributed by atoms with E-state index >= 15 is 0 Å². The average Bonchev–Trinajstić information content (AvgIpc) is 3.25. The molecule has 0 N–H and O–H groups in total. The molecule has 4 heteroatoms. The summed E-state index contributed by atoms with van der Waals surface area (Å²) < 4.78 is 0. The largest absolute Gasteiger partial charge is 4.00 e. The van der Waals surface area contributed by atoms with Gasteiger partial charge in [0.1, 0.15) is 0 Å². The molecule has 0 unspecified atom stereocenters. The molecule has 0 fully saturated rings. The van der Waals surface area contributed by atoms with Crippen LogP contribution in [0.2, 0.25) is 0 Å². The van der Waals surface area contributed by atoms with Crippen molar-refractivity contribution in [1.82, 2.24) is 0 Å². The molecule has 3 aromatic rings. The van der Waals surface area contributed by atoms with E-state index in [1.54, 1.807) is 0 Å². The van der Waals surface area contributed by atoms with Gasteiger partial charge in [0.15, 0.2) is 0 Å². The van der Waals surface area contributed by atoms with Gasteiger partial charge in [-0.05, 0) is 11.6 Å². The predicted molar refractivity (Wildman–Crippen MR) is 108 cm³/mol. The van der Waals surface area contributed by atoms with Gasteiger partial charge in [0.25, 0.3) is 0 Å². The van der Waals surface area contributed by atoms with Crippen LogP contribution in [0.1, 0.15) is 34.6 Å². The van der Waals surface area contributed by atoms with Crippen molar-refractivity contribution in [3.05, 3.63) is 82.9 Å². The Bertz CT molecular complexity index is 915. The van der Waals surface area contributed by atoms with E-state index in [1.165, 1.54) is 32.8 Å². The fraction of sp³-hybridized carbons (Fsp3) is 0.261. The van der Waals surface area contributed by atoms with Crippen LogP contribution in [0.15, 0.2) is 76.8 Å². The first-order valence-electron chi connectivity index (χ1n) is 8.48. The first-order chi connectivity index (χ1) is 11.4. The topological polar surface area (TPSA) is 0 Å². The maximum Gasteiger partial charge on any atom is 4.00 e. The van der Waals surface area contributed by atoms with Crippen LogP contribution in [0, 0.1) is 11.5 Å². The molecule has 0 radical (unpaired) electrons. The van der Waals surface area contributed by atoms with Crippen molar-refractivity contribution < 1.29 is 51.0 Å². The number of benzene rings is 1. The summed E-state index contributed by atoms with van der Waals surface area (Å²) in [6.07, 6.45) is 3.44. The normalized spacial score (nSPS) is 14.3. The van der Waals surface area contributed by atoms with E-state index < -0.39 is 0 Å². The Balaban J connectivity index is 0.000000473. The third-order valence-electron chi connectivity index (χ3n) is 5.10. The molecule has 1 aliphatic carbocycles. The third-order valence-corrected chi connectivity index (χ3v) is 7.04. The van der Waals surface area contributed by atoms with Gasteiger partial charge in [0.05, 0.1) is 0 Å². The molecule has 0 bridgehead atoms. The summed E-state index contributed by atoms with van der Waals surface area (Å²) in [5.41, 5.74) is 4.39. The number of fused-ring (bicyclic) bond motifs is 1. The van der Waals surface area contributed by atoms with Crippen LogP contribution in [0.25, 0.3) is 16.1 Å². The van der Waals surface area contributed by atoms with Crippen molar-refractivity contribution in [3.8, 4) is 5.30 Å². The third kappa shape index (κ3) is 5.77. The van der Waals surface area contributed by atoms with Crippen molar-refractivity contribution in [2.24, 2.45) is 5.41 Å². The van der Waals surface area contributed by atoms with Crippen LogP contribution in [0.4, 0.5) is 0 Å². The van der Waals surface area contributed by atoms with Crippen LogP contribution in [-0.2, 0) is 26.2 Å². The molecule has 4 rings (SSSR count). The standard InChI is InChI=1S/C13H10P.C10H15.2ClH.Zr/c1-2-6-12-11(5-1)7-8-13(12)14-9-3-4-10-14;1-7-6-10(4,5)9(3)8(7)2;;;/h1-10H;1-5H3;2*1H;/q2*-1;;;+4/p-2. The summed E-state index contributed by atoms with van der Waals surface area (Å²) in [5.74, 6) is 4.61. The first kappa shape index (κ1) is 26.6. The van der Waals surface area contributed by atoms with Gasteiger partial charge < -0.3 is 24.8 Å². The Kier molecular flexibility index (Phi) is 10.7. The van der Waals surface area contributed by atoms with Gasteiger partial charge in [0, 0.05) is 0 Å². The second-order valence-electron chi connectivity index (χ2n) is 7.02. The van der Waals surface area contributed by atoms with Gasteiger partial charge in [-0.3, -0.25) is 6.08 Å². The number of halogens is 2. The zero-order valence-electron chi connectivity index (χ0n) is 16.5. The zero-order valence-corrected chi connectivity index (χ0v) is 21.3. The van der Waals surface area contributed by atoms with E-state index in [4.69, 9.17) is 0 Å². The van der Waals surface area contributed by atoms with Gasteiger partial charge in [-0.2, -0.15) is 17.2 Å². The van der Waals surface area contributed by atoms with E-state index in [9.17, 15) is 0 Å². The molecule has 0 saturated carbocycles. The minimum Gasteiger partial charge on any atom is -1.00 e. The van der Waals surface area contributed by atoms with E-state index in [2.05, 4.69) is 101 Å². The Labute approximate surface area is 196 Å². The van der Waals surface area contributed by atoms with Crippen LogP contribution in [0.5, 0.6) is 0 Å². The van der Waals surface area contributed by atoms with Crippen molar-refractivity contribution >= 4 is 18.3 Å². The summed E-state index contributed by atoms with van der Waals surface area (Å²) in [6, 6.07) is 17.4. The Morgan fingerprint density at radius 2 is 1.48 bits per heavy atom. The second kappa shape index (κ2) is 10.9. The first-order valence-corrected chi connectivity index (χ1v) is 9.96. The molecule has 0 saturated heterocycles. The Hall–Kier alpha value is -0.447. The molecule has 27 heavy (non-hydrogen) atoms. The number of hydrogen-bond acceptors (Lipinski definition) is 0. The fourth-order valence-corrected chi connectivity index (χ4v) is 4.98. The summed E-state index contributed by atoms with van der Waals surface area (Å²) in [4.78, 5) is 0. The molecule has 140 valence electrons. The van der Waals surface area contributed by atoms with Gasteiger partial charge in [-0.15, -0.1) is 49.5 Å². The molecule has 0 nitrogen and oxygen atoms in total. The molecule has 0 aliphatic heterocycles. The van der Waals surface area contributed by atoms with Gasteiger partial charge >= 0.3 is 26.2 Å². The molecule has 1 aliphatic rings. The quantitative estimate of drug-likeness (QED) is 0.452. The minimum absolute atomic E-state index is 0. The average molecular weight is 495 g/mol. The van der Waals surface area contributed by atoms with Crippen molar-refractivity contribution in [1.29, 1.82) is 0 Å². The number of allylic oxidation sites excluding steroid dienone is 4. The van der Waals surface area contributed by atoms with Crippen LogP contribution < -0.4 is 24.8 Å². The van der Waals surface area contributed by atoms with E-state index in [0.29, 0.717) is 0 Å². The van der Waals surface area contributed by atoms with Crippen LogP contribution in [0.3, 0.4) is 0 Å².